The number of carbonyl (C=O) groups is 2. The Morgan fingerprint density at radius 1 is 0.909 bits per heavy atom. The van der Waals surface area contributed by atoms with E-state index in [2.05, 4.69) is 10.3 Å². The van der Waals surface area contributed by atoms with Crippen molar-refractivity contribution in [1.82, 2.24) is 15.2 Å². The summed E-state index contributed by atoms with van der Waals surface area (Å²) in [5, 5.41) is 3.76. The molecule has 0 aliphatic rings. The Kier molecular flexibility index (Phi) is 7.05. The quantitative estimate of drug-likeness (QED) is 0.418. The highest BCUT2D eigenvalue weighted by atomic mass is 16.6. The van der Waals surface area contributed by atoms with E-state index < -0.39 is 12.2 Å². The number of nitrogens with one attached hydrogen (secondary N) is 2. The van der Waals surface area contributed by atoms with Gasteiger partial charge in [-0.05, 0) is 22.8 Å². The van der Waals surface area contributed by atoms with Gasteiger partial charge >= 0.3 is 6.09 Å². The first-order valence-corrected chi connectivity index (χ1v) is 10.9. The van der Waals surface area contributed by atoms with Crippen LogP contribution in [-0.4, -0.2) is 35.0 Å². The molecule has 2 amide bonds. The van der Waals surface area contributed by atoms with Crippen LogP contribution in [0.15, 0.2) is 91.1 Å². The normalized spacial score (nSPS) is 11.7. The number of rotatable bonds is 8. The molecule has 4 rings (SSSR count). The zero-order valence-corrected chi connectivity index (χ0v) is 18.5. The number of likely N-dealkylation sites (N-methyl/N-ethyl adjacent to an activating group) is 1. The van der Waals surface area contributed by atoms with Crippen LogP contribution in [-0.2, 0) is 29.0 Å². The molecule has 0 saturated carbocycles. The molecular formula is C27H27N3O3. The van der Waals surface area contributed by atoms with Crippen molar-refractivity contribution in [1.29, 1.82) is 0 Å². The molecule has 0 aliphatic carbocycles. The van der Waals surface area contributed by atoms with Crippen molar-refractivity contribution < 1.29 is 14.3 Å². The third kappa shape index (κ3) is 5.80. The first-order valence-electron chi connectivity index (χ1n) is 10.9. The van der Waals surface area contributed by atoms with Crippen molar-refractivity contribution in [3.8, 4) is 0 Å². The number of nitrogens with zero attached hydrogens (tertiary/aromatic N) is 1. The number of H-pyrrole nitrogens is 1. The van der Waals surface area contributed by atoms with E-state index in [1.165, 1.54) is 0 Å². The van der Waals surface area contributed by atoms with Gasteiger partial charge in [-0.2, -0.15) is 0 Å². The van der Waals surface area contributed by atoms with E-state index in [4.69, 9.17) is 4.74 Å². The lowest BCUT2D eigenvalue weighted by molar-refractivity contribution is -0.139. The number of alkyl carbamates (subject to hydrolysis) is 1. The lowest BCUT2D eigenvalue weighted by Gasteiger charge is -2.24. The number of aromatic nitrogens is 1. The summed E-state index contributed by atoms with van der Waals surface area (Å²) in [5.41, 5.74) is 3.86. The second-order valence-electron chi connectivity index (χ2n) is 7.98. The maximum Gasteiger partial charge on any atom is 0.408 e. The molecule has 0 unspecified atom stereocenters. The fourth-order valence-electron chi connectivity index (χ4n) is 3.80. The number of hydrogen-bond acceptors (Lipinski definition) is 3. The second-order valence-corrected chi connectivity index (χ2v) is 7.98. The first-order chi connectivity index (χ1) is 16.1. The third-order valence-electron chi connectivity index (χ3n) is 5.52. The molecule has 0 bridgehead atoms. The maximum absolute atomic E-state index is 13.3. The standard InChI is InChI=1S/C27H27N3O3/c1-30(19-21-12-6-3-7-13-21)26(31)25(16-22-18-28-24-15-9-8-14-23(22)24)33-27(32)29-17-20-10-4-2-5-11-20/h2-15,18,25,28H,16-17,19H2,1H3,(H,29,32)/t25-/m0/s1. The largest absolute Gasteiger partial charge is 0.436 e. The Balaban J connectivity index is 1.49. The molecule has 0 aliphatic heterocycles. The average Bonchev–Trinajstić information content (AvgIpc) is 3.26. The van der Waals surface area contributed by atoms with E-state index >= 15 is 0 Å². The summed E-state index contributed by atoms with van der Waals surface area (Å²) >= 11 is 0. The number of amides is 2. The second kappa shape index (κ2) is 10.5. The highest BCUT2D eigenvalue weighted by Crippen LogP contribution is 2.21. The minimum atomic E-state index is -0.950. The molecule has 168 valence electrons. The molecule has 0 radical (unpaired) electrons. The molecule has 33 heavy (non-hydrogen) atoms. The van der Waals surface area contributed by atoms with Crippen molar-refractivity contribution in [3.63, 3.8) is 0 Å². The summed E-state index contributed by atoms with van der Waals surface area (Å²) < 4.78 is 5.66. The molecule has 1 heterocycles. The van der Waals surface area contributed by atoms with E-state index in [9.17, 15) is 9.59 Å². The Bertz CT molecular complexity index is 1210. The van der Waals surface area contributed by atoms with Crippen molar-refractivity contribution in [2.75, 3.05) is 7.05 Å². The lowest BCUT2D eigenvalue weighted by Crippen LogP contribution is -2.42. The first kappa shape index (κ1) is 22.1. The van der Waals surface area contributed by atoms with E-state index in [1.54, 1.807) is 11.9 Å². The summed E-state index contributed by atoms with van der Waals surface area (Å²) in [5.74, 6) is -0.251. The fourth-order valence-corrected chi connectivity index (χ4v) is 3.80. The van der Waals surface area contributed by atoms with Crippen molar-refractivity contribution in [2.24, 2.45) is 0 Å². The Hall–Kier alpha value is -4.06. The van der Waals surface area contributed by atoms with Crippen LogP contribution in [0.25, 0.3) is 10.9 Å². The minimum Gasteiger partial charge on any atom is -0.436 e. The summed E-state index contributed by atoms with van der Waals surface area (Å²) in [6, 6.07) is 27.2. The number of ether oxygens (including phenoxy) is 1. The zero-order chi connectivity index (χ0) is 23.0. The molecule has 6 nitrogen and oxygen atoms in total. The topological polar surface area (TPSA) is 74.4 Å². The van der Waals surface area contributed by atoms with Gasteiger partial charge in [0.05, 0.1) is 0 Å². The summed E-state index contributed by atoms with van der Waals surface area (Å²) in [6.07, 6.45) is 0.576. The number of fused-ring (bicyclic) bond motifs is 1. The van der Waals surface area contributed by atoms with Crippen molar-refractivity contribution >= 4 is 22.9 Å². The van der Waals surface area contributed by atoms with Crippen molar-refractivity contribution in [3.05, 3.63) is 108 Å². The number of hydrogen-bond donors (Lipinski definition) is 2. The van der Waals surface area contributed by atoms with Gasteiger partial charge in [0.2, 0.25) is 0 Å². The van der Waals surface area contributed by atoms with Gasteiger partial charge in [-0.1, -0.05) is 78.9 Å². The van der Waals surface area contributed by atoms with Gasteiger partial charge in [-0.3, -0.25) is 4.79 Å². The highest BCUT2D eigenvalue weighted by Gasteiger charge is 2.27. The van der Waals surface area contributed by atoms with Gasteiger partial charge in [0.25, 0.3) is 5.91 Å². The van der Waals surface area contributed by atoms with Crippen LogP contribution in [0.1, 0.15) is 16.7 Å². The van der Waals surface area contributed by atoms with Crippen LogP contribution in [0.5, 0.6) is 0 Å². The fraction of sp³-hybridized carbons (Fsp3) is 0.185. The van der Waals surface area contributed by atoms with Crippen LogP contribution in [0.2, 0.25) is 0 Å². The van der Waals surface area contributed by atoms with Crippen molar-refractivity contribution in [2.45, 2.75) is 25.6 Å². The van der Waals surface area contributed by atoms with Gasteiger partial charge in [-0.15, -0.1) is 0 Å². The Morgan fingerprint density at radius 3 is 2.27 bits per heavy atom. The average molecular weight is 442 g/mol. The molecule has 1 aromatic heterocycles. The molecule has 0 spiro atoms. The number of para-hydroxylation sites is 1. The molecule has 4 aromatic rings. The SMILES string of the molecule is CN(Cc1ccccc1)C(=O)[C@H](Cc1c[nH]c2ccccc12)OC(=O)NCc1ccccc1. The van der Waals surface area contributed by atoms with E-state index in [0.29, 0.717) is 13.1 Å². The molecule has 1 atom stereocenters. The Labute approximate surface area is 193 Å². The third-order valence-corrected chi connectivity index (χ3v) is 5.52. The maximum atomic E-state index is 13.3. The lowest BCUT2D eigenvalue weighted by atomic mass is 10.1. The predicted octanol–water partition coefficient (Wildman–Crippen LogP) is 4.66. The molecule has 3 aromatic carbocycles. The molecule has 0 saturated heterocycles. The molecule has 0 fully saturated rings. The summed E-state index contributed by atoms with van der Waals surface area (Å²) in [6.45, 7) is 0.757. The summed E-state index contributed by atoms with van der Waals surface area (Å²) in [7, 11) is 1.72. The zero-order valence-electron chi connectivity index (χ0n) is 18.5. The minimum absolute atomic E-state index is 0.251. The van der Waals surface area contributed by atoms with E-state index in [1.807, 2.05) is 91.1 Å². The van der Waals surface area contributed by atoms with Gasteiger partial charge in [0.1, 0.15) is 0 Å². The highest BCUT2D eigenvalue weighted by molar-refractivity contribution is 5.87. The predicted molar refractivity (Wildman–Crippen MR) is 128 cm³/mol. The van der Waals surface area contributed by atoms with E-state index in [-0.39, 0.29) is 12.3 Å². The van der Waals surface area contributed by atoms with E-state index in [0.717, 1.165) is 27.6 Å². The summed E-state index contributed by atoms with van der Waals surface area (Å²) in [4.78, 5) is 30.7. The smallest absolute Gasteiger partial charge is 0.408 e. The number of carbonyl (C=O) groups excluding carboxylic acids is 2. The van der Waals surface area contributed by atoms with Crippen LogP contribution in [0.4, 0.5) is 4.79 Å². The molecule has 2 N–H and O–H groups in total. The van der Waals surface area contributed by atoms with Crippen LogP contribution in [0, 0.1) is 0 Å². The van der Waals surface area contributed by atoms with Gasteiger partial charge in [0.15, 0.2) is 6.10 Å². The van der Waals surface area contributed by atoms with Gasteiger partial charge < -0.3 is 19.9 Å². The van der Waals surface area contributed by atoms with Crippen LogP contribution in [0.3, 0.4) is 0 Å². The molecular weight excluding hydrogens is 414 g/mol. The van der Waals surface area contributed by atoms with Gasteiger partial charge in [-0.25, -0.2) is 4.79 Å². The number of benzene rings is 3. The molecule has 6 heteroatoms. The number of aromatic amines is 1. The Morgan fingerprint density at radius 2 is 1.55 bits per heavy atom. The monoisotopic (exact) mass is 441 g/mol. The van der Waals surface area contributed by atoms with Crippen LogP contribution >= 0.6 is 0 Å². The van der Waals surface area contributed by atoms with Crippen LogP contribution < -0.4 is 5.32 Å². The van der Waals surface area contributed by atoms with Gasteiger partial charge in [0, 0.05) is 43.7 Å².